The quantitative estimate of drug-likeness (QED) is 0.348. The molecule has 1 heterocycles. The van der Waals surface area contributed by atoms with Crippen LogP contribution in [-0.4, -0.2) is 21.7 Å². The summed E-state index contributed by atoms with van der Waals surface area (Å²) in [5.74, 6) is 0.344. The Morgan fingerprint density at radius 2 is 1.71 bits per heavy atom. The van der Waals surface area contributed by atoms with Crippen LogP contribution in [0.1, 0.15) is 73.3 Å². The second-order valence-corrected chi connectivity index (χ2v) is 10.6. The minimum absolute atomic E-state index is 0.0978. The molecule has 1 fully saturated rings. The molecule has 184 valence electrons. The van der Waals surface area contributed by atoms with Crippen molar-refractivity contribution in [3.8, 4) is 5.69 Å². The van der Waals surface area contributed by atoms with E-state index in [9.17, 15) is 4.79 Å². The Kier molecular flexibility index (Phi) is 8.26. The fraction of sp³-hybridized carbons (Fsp3) is 0.357. The Morgan fingerprint density at radius 1 is 1.06 bits per heavy atom. The van der Waals surface area contributed by atoms with Crippen LogP contribution >= 0.6 is 34.8 Å². The van der Waals surface area contributed by atoms with Crippen molar-refractivity contribution in [3.63, 3.8) is 0 Å². The van der Waals surface area contributed by atoms with Crippen molar-refractivity contribution in [3.05, 3.63) is 80.0 Å². The number of rotatable bonds is 6. The van der Waals surface area contributed by atoms with Gasteiger partial charge in [0.05, 0.1) is 16.4 Å². The lowest BCUT2D eigenvalue weighted by Crippen LogP contribution is -2.39. The van der Waals surface area contributed by atoms with Crippen LogP contribution in [0.5, 0.6) is 0 Å². The van der Waals surface area contributed by atoms with E-state index in [0.717, 1.165) is 35.2 Å². The topological polar surface area (TPSA) is 46.9 Å². The predicted octanol–water partition coefficient (Wildman–Crippen LogP) is 8.40. The van der Waals surface area contributed by atoms with E-state index in [4.69, 9.17) is 39.9 Å². The van der Waals surface area contributed by atoms with Gasteiger partial charge in [0.2, 0.25) is 0 Å². The van der Waals surface area contributed by atoms with Crippen LogP contribution in [0.25, 0.3) is 17.3 Å². The summed E-state index contributed by atoms with van der Waals surface area (Å²) in [6, 6.07) is 13.0. The predicted molar refractivity (Wildman–Crippen MR) is 147 cm³/mol. The first kappa shape index (κ1) is 25.8. The average molecular weight is 531 g/mol. The summed E-state index contributed by atoms with van der Waals surface area (Å²) < 4.78 is 1.75. The largest absolute Gasteiger partial charge is 0.348 e. The molecule has 0 unspecified atom stereocenters. The number of benzene rings is 2. The molecule has 0 spiro atoms. The van der Waals surface area contributed by atoms with Gasteiger partial charge in [-0.15, -0.1) is 0 Å². The first-order valence-electron chi connectivity index (χ1n) is 12.0. The SMILES string of the molecule is CC(=Cc1ccc(Cl)cc1)c1c(C)c(C(=O)N[C@@H](C)C2CCCCC2)nn1-c1ccc(Cl)cc1Cl. The second kappa shape index (κ2) is 11.2. The number of nitrogens with one attached hydrogen (secondary N) is 1. The van der Waals surface area contributed by atoms with E-state index in [1.165, 1.54) is 19.3 Å². The fourth-order valence-electron chi connectivity index (χ4n) is 4.91. The molecule has 4 rings (SSSR count). The summed E-state index contributed by atoms with van der Waals surface area (Å²) >= 11 is 18.8. The van der Waals surface area contributed by atoms with Gasteiger partial charge in [0.25, 0.3) is 5.91 Å². The number of carbonyl (C=O) groups is 1. The van der Waals surface area contributed by atoms with Crippen molar-refractivity contribution in [1.29, 1.82) is 0 Å². The van der Waals surface area contributed by atoms with Crippen LogP contribution in [0.3, 0.4) is 0 Å². The van der Waals surface area contributed by atoms with E-state index >= 15 is 0 Å². The van der Waals surface area contributed by atoms with E-state index in [1.807, 2.05) is 50.3 Å². The summed E-state index contributed by atoms with van der Waals surface area (Å²) in [7, 11) is 0. The molecule has 1 aliphatic rings. The first-order valence-corrected chi connectivity index (χ1v) is 13.2. The van der Waals surface area contributed by atoms with Gasteiger partial charge in [0, 0.05) is 21.7 Å². The van der Waals surface area contributed by atoms with Crippen LogP contribution in [-0.2, 0) is 0 Å². The van der Waals surface area contributed by atoms with Crippen LogP contribution < -0.4 is 5.32 Å². The average Bonchev–Trinajstić information content (AvgIpc) is 3.18. The Balaban J connectivity index is 1.75. The van der Waals surface area contributed by atoms with Crippen molar-refractivity contribution in [2.45, 2.75) is 58.9 Å². The Bertz CT molecular complexity index is 1240. The molecule has 1 saturated carbocycles. The third-order valence-corrected chi connectivity index (χ3v) is 7.61. The molecular formula is C28H30Cl3N3O. The lowest BCUT2D eigenvalue weighted by Gasteiger charge is -2.28. The number of hydrogen-bond donors (Lipinski definition) is 1. The highest BCUT2D eigenvalue weighted by Gasteiger charge is 2.26. The molecule has 2 aromatic carbocycles. The molecule has 1 atom stereocenters. The third kappa shape index (κ3) is 5.94. The maximum Gasteiger partial charge on any atom is 0.272 e. The van der Waals surface area contributed by atoms with Crippen LogP contribution in [0.2, 0.25) is 15.1 Å². The maximum absolute atomic E-state index is 13.4. The minimum atomic E-state index is -0.162. The van der Waals surface area contributed by atoms with Crippen molar-refractivity contribution >= 4 is 52.4 Å². The zero-order valence-electron chi connectivity index (χ0n) is 20.2. The summed E-state index contributed by atoms with van der Waals surface area (Å²) in [4.78, 5) is 13.4. The summed E-state index contributed by atoms with van der Waals surface area (Å²) in [6.45, 7) is 6.04. The Hall–Kier alpha value is -2.27. The number of nitrogens with zero attached hydrogens (tertiary/aromatic N) is 2. The van der Waals surface area contributed by atoms with Crippen molar-refractivity contribution < 1.29 is 4.79 Å². The van der Waals surface area contributed by atoms with Crippen molar-refractivity contribution in [2.75, 3.05) is 0 Å². The molecule has 7 heteroatoms. The van der Waals surface area contributed by atoms with Gasteiger partial charge in [-0.05, 0) is 87.1 Å². The molecule has 0 radical (unpaired) electrons. The number of allylic oxidation sites excluding steroid dienone is 1. The van der Waals surface area contributed by atoms with Gasteiger partial charge in [0.15, 0.2) is 5.69 Å². The van der Waals surface area contributed by atoms with Gasteiger partial charge in [-0.25, -0.2) is 4.68 Å². The lowest BCUT2D eigenvalue weighted by molar-refractivity contribution is 0.0913. The number of amides is 1. The third-order valence-electron chi connectivity index (χ3n) is 6.82. The van der Waals surface area contributed by atoms with Gasteiger partial charge >= 0.3 is 0 Å². The molecule has 0 aliphatic heterocycles. The zero-order chi connectivity index (χ0) is 25.1. The highest BCUT2D eigenvalue weighted by atomic mass is 35.5. The molecule has 35 heavy (non-hydrogen) atoms. The number of aromatic nitrogens is 2. The van der Waals surface area contributed by atoms with Gasteiger partial charge in [-0.2, -0.15) is 5.10 Å². The van der Waals surface area contributed by atoms with Crippen LogP contribution in [0.4, 0.5) is 0 Å². The zero-order valence-corrected chi connectivity index (χ0v) is 22.5. The molecule has 4 nitrogen and oxygen atoms in total. The minimum Gasteiger partial charge on any atom is -0.348 e. The smallest absolute Gasteiger partial charge is 0.272 e. The Morgan fingerprint density at radius 3 is 2.37 bits per heavy atom. The molecule has 1 aliphatic carbocycles. The van der Waals surface area contributed by atoms with Crippen molar-refractivity contribution in [2.24, 2.45) is 5.92 Å². The van der Waals surface area contributed by atoms with Crippen LogP contribution in [0, 0.1) is 12.8 Å². The molecule has 1 N–H and O–H groups in total. The van der Waals surface area contributed by atoms with E-state index < -0.39 is 0 Å². The molecular weight excluding hydrogens is 501 g/mol. The lowest BCUT2D eigenvalue weighted by atomic mass is 9.84. The van der Waals surface area contributed by atoms with E-state index in [2.05, 4.69) is 12.2 Å². The highest BCUT2D eigenvalue weighted by Crippen LogP contribution is 2.32. The highest BCUT2D eigenvalue weighted by molar-refractivity contribution is 6.35. The number of halogens is 3. The molecule has 0 bridgehead atoms. The van der Waals surface area contributed by atoms with Gasteiger partial charge in [0.1, 0.15) is 0 Å². The maximum atomic E-state index is 13.4. The van der Waals surface area contributed by atoms with E-state index in [0.29, 0.717) is 32.4 Å². The standard InChI is InChI=1S/C28H30Cl3N3O/c1-17(15-20-9-11-22(29)12-10-20)27-18(2)26(28(35)32-19(3)21-7-5-4-6-8-21)33-34(27)25-14-13-23(30)16-24(25)31/h9-16,19,21H,4-8H2,1-3H3,(H,32,35)/t19-/m0/s1. The molecule has 0 saturated heterocycles. The summed E-state index contributed by atoms with van der Waals surface area (Å²) in [6.07, 6.45) is 8.10. The monoisotopic (exact) mass is 529 g/mol. The first-order chi connectivity index (χ1) is 16.7. The van der Waals surface area contributed by atoms with E-state index in [1.54, 1.807) is 16.8 Å². The van der Waals surface area contributed by atoms with Crippen molar-refractivity contribution in [1.82, 2.24) is 15.1 Å². The molecule has 3 aromatic rings. The molecule has 1 amide bonds. The number of hydrogen-bond acceptors (Lipinski definition) is 2. The summed E-state index contributed by atoms with van der Waals surface area (Å²) in [5.41, 5.74) is 4.63. The summed E-state index contributed by atoms with van der Waals surface area (Å²) in [5, 5.41) is 9.66. The van der Waals surface area contributed by atoms with Gasteiger partial charge in [-0.3, -0.25) is 4.79 Å². The Labute approximate surface area is 222 Å². The fourth-order valence-corrected chi connectivity index (χ4v) is 5.52. The number of carbonyl (C=O) groups excluding carboxylic acids is 1. The second-order valence-electron chi connectivity index (χ2n) is 9.37. The van der Waals surface area contributed by atoms with Crippen LogP contribution in [0.15, 0.2) is 42.5 Å². The van der Waals surface area contributed by atoms with Gasteiger partial charge < -0.3 is 5.32 Å². The molecule has 1 aromatic heterocycles. The van der Waals surface area contributed by atoms with Gasteiger partial charge in [-0.1, -0.05) is 66.2 Å². The van der Waals surface area contributed by atoms with E-state index in [-0.39, 0.29) is 11.9 Å². The normalized spacial score (nSPS) is 15.8.